The molecule has 0 aromatic carbocycles. The molecule has 0 saturated carbocycles. The first-order chi connectivity index (χ1) is 11.6. The molecule has 24 heavy (non-hydrogen) atoms. The van der Waals surface area contributed by atoms with Crippen LogP contribution in [0.4, 0.5) is 4.79 Å². The second-order valence-corrected chi connectivity index (χ2v) is 6.35. The molecule has 7 nitrogen and oxygen atoms in total. The average molecular weight is 329 g/mol. The van der Waals surface area contributed by atoms with Gasteiger partial charge in [0.05, 0.1) is 0 Å². The van der Waals surface area contributed by atoms with Crippen molar-refractivity contribution in [3.63, 3.8) is 0 Å². The Balaban J connectivity index is 1.84. The Morgan fingerprint density at radius 1 is 1.29 bits per heavy atom. The summed E-state index contributed by atoms with van der Waals surface area (Å²) in [6, 6.07) is 3.53. The van der Waals surface area contributed by atoms with E-state index in [1.165, 1.54) is 0 Å². The van der Waals surface area contributed by atoms with Crippen molar-refractivity contribution >= 4 is 6.03 Å². The van der Waals surface area contributed by atoms with Crippen LogP contribution in [-0.4, -0.2) is 38.6 Å². The molecule has 1 unspecified atom stereocenters. The third-order valence-electron chi connectivity index (χ3n) is 4.09. The van der Waals surface area contributed by atoms with Gasteiger partial charge in [-0.15, -0.1) is 0 Å². The van der Waals surface area contributed by atoms with Gasteiger partial charge in [0, 0.05) is 30.5 Å². The highest BCUT2D eigenvalue weighted by Crippen LogP contribution is 2.30. The first-order valence-corrected chi connectivity index (χ1v) is 8.46. The van der Waals surface area contributed by atoms with E-state index in [2.05, 4.69) is 20.4 Å². The van der Waals surface area contributed by atoms with E-state index in [0.29, 0.717) is 18.3 Å². The number of aromatic nitrogens is 3. The first kappa shape index (κ1) is 16.4. The SMILES string of the molecule is CC(C)NC(=O)N1CCCCCC1c1nc(-c2ccncc2)no1. The topological polar surface area (TPSA) is 84.2 Å². The van der Waals surface area contributed by atoms with Gasteiger partial charge in [-0.05, 0) is 38.8 Å². The summed E-state index contributed by atoms with van der Waals surface area (Å²) >= 11 is 0. The molecule has 0 bridgehead atoms. The largest absolute Gasteiger partial charge is 0.337 e. The molecule has 7 heteroatoms. The number of carbonyl (C=O) groups is 1. The van der Waals surface area contributed by atoms with Crippen LogP contribution >= 0.6 is 0 Å². The van der Waals surface area contributed by atoms with E-state index < -0.39 is 0 Å². The molecule has 2 amide bonds. The Hall–Kier alpha value is -2.44. The summed E-state index contributed by atoms with van der Waals surface area (Å²) in [5.74, 6) is 1.03. The second-order valence-electron chi connectivity index (χ2n) is 6.35. The van der Waals surface area contributed by atoms with E-state index in [0.717, 1.165) is 31.2 Å². The van der Waals surface area contributed by atoms with Crippen LogP contribution in [0.2, 0.25) is 0 Å². The summed E-state index contributed by atoms with van der Waals surface area (Å²) in [6.45, 7) is 4.62. The zero-order valence-corrected chi connectivity index (χ0v) is 14.1. The molecular formula is C17H23N5O2. The van der Waals surface area contributed by atoms with E-state index in [-0.39, 0.29) is 18.1 Å². The lowest BCUT2D eigenvalue weighted by molar-refractivity contribution is 0.157. The lowest BCUT2D eigenvalue weighted by Crippen LogP contribution is -2.44. The highest BCUT2D eigenvalue weighted by molar-refractivity contribution is 5.75. The summed E-state index contributed by atoms with van der Waals surface area (Å²) in [7, 11) is 0. The number of nitrogens with one attached hydrogen (secondary N) is 1. The van der Waals surface area contributed by atoms with E-state index in [1.807, 2.05) is 30.9 Å². The minimum Gasteiger partial charge on any atom is -0.337 e. The van der Waals surface area contributed by atoms with E-state index in [9.17, 15) is 4.79 Å². The number of pyridine rings is 1. The van der Waals surface area contributed by atoms with Gasteiger partial charge in [-0.1, -0.05) is 18.0 Å². The van der Waals surface area contributed by atoms with Gasteiger partial charge >= 0.3 is 6.03 Å². The third-order valence-corrected chi connectivity index (χ3v) is 4.09. The van der Waals surface area contributed by atoms with Crippen molar-refractivity contribution in [3.8, 4) is 11.4 Å². The number of amides is 2. The van der Waals surface area contributed by atoms with Crippen LogP contribution in [0.1, 0.15) is 51.5 Å². The molecule has 1 atom stereocenters. The van der Waals surface area contributed by atoms with Crippen molar-refractivity contribution in [2.75, 3.05) is 6.54 Å². The molecule has 3 rings (SSSR count). The Bertz CT molecular complexity index is 671. The zero-order valence-electron chi connectivity index (χ0n) is 14.1. The van der Waals surface area contributed by atoms with Crippen LogP contribution in [0.15, 0.2) is 29.0 Å². The number of likely N-dealkylation sites (tertiary alicyclic amines) is 1. The number of nitrogens with zero attached hydrogens (tertiary/aromatic N) is 4. The van der Waals surface area contributed by atoms with Gasteiger partial charge in [0.2, 0.25) is 11.7 Å². The summed E-state index contributed by atoms with van der Waals surface area (Å²) in [5.41, 5.74) is 0.854. The standard InChI is InChI=1S/C17H23N5O2/c1-12(2)19-17(23)22-11-5-3-4-6-14(22)16-20-15(21-24-16)13-7-9-18-10-8-13/h7-10,12,14H,3-6,11H2,1-2H3,(H,19,23). The smallest absolute Gasteiger partial charge is 0.318 e. The van der Waals surface area contributed by atoms with Crippen molar-refractivity contribution < 1.29 is 9.32 Å². The van der Waals surface area contributed by atoms with Crippen LogP contribution in [-0.2, 0) is 0 Å². The maximum Gasteiger partial charge on any atom is 0.318 e. The van der Waals surface area contributed by atoms with Gasteiger partial charge in [0.25, 0.3) is 0 Å². The molecule has 1 aliphatic heterocycles. The minimum absolute atomic E-state index is 0.0689. The molecule has 1 N–H and O–H groups in total. The van der Waals surface area contributed by atoms with Gasteiger partial charge in [-0.25, -0.2) is 4.79 Å². The number of rotatable bonds is 3. The summed E-state index contributed by atoms with van der Waals surface area (Å²) in [5, 5.41) is 7.04. The van der Waals surface area contributed by atoms with Gasteiger partial charge < -0.3 is 14.7 Å². The summed E-state index contributed by atoms with van der Waals surface area (Å²) in [6.07, 6.45) is 7.37. The van der Waals surface area contributed by atoms with Gasteiger partial charge in [0.15, 0.2) is 0 Å². The molecule has 1 aliphatic rings. The van der Waals surface area contributed by atoms with Crippen molar-refractivity contribution in [2.45, 2.75) is 51.6 Å². The molecule has 0 radical (unpaired) electrons. The Morgan fingerprint density at radius 2 is 2.08 bits per heavy atom. The maximum absolute atomic E-state index is 12.5. The van der Waals surface area contributed by atoms with Crippen LogP contribution in [0.5, 0.6) is 0 Å². The molecule has 2 aromatic heterocycles. The number of carbonyl (C=O) groups excluding carboxylic acids is 1. The molecule has 128 valence electrons. The van der Waals surface area contributed by atoms with Crippen LogP contribution in [0, 0.1) is 0 Å². The Labute approximate surface area is 141 Å². The highest BCUT2D eigenvalue weighted by atomic mass is 16.5. The van der Waals surface area contributed by atoms with E-state index >= 15 is 0 Å². The highest BCUT2D eigenvalue weighted by Gasteiger charge is 2.31. The van der Waals surface area contributed by atoms with E-state index in [1.54, 1.807) is 12.4 Å². The fourth-order valence-corrected chi connectivity index (χ4v) is 2.93. The molecule has 0 spiro atoms. The molecule has 1 saturated heterocycles. The fourth-order valence-electron chi connectivity index (χ4n) is 2.93. The molecule has 2 aromatic rings. The lowest BCUT2D eigenvalue weighted by atomic mass is 10.1. The van der Waals surface area contributed by atoms with E-state index in [4.69, 9.17) is 4.52 Å². The average Bonchev–Trinajstić information content (AvgIpc) is 2.93. The molecule has 3 heterocycles. The van der Waals surface area contributed by atoms with Crippen molar-refractivity contribution in [2.24, 2.45) is 0 Å². The third kappa shape index (κ3) is 3.72. The number of hydrogen-bond acceptors (Lipinski definition) is 5. The molecule has 1 fully saturated rings. The minimum atomic E-state index is -0.172. The van der Waals surface area contributed by atoms with Crippen molar-refractivity contribution in [3.05, 3.63) is 30.4 Å². The summed E-state index contributed by atoms with van der Waals surface area (Å²) < 4.78 is 5.50. The second kappa shape index (κ2) is 7.42. The number of urea groups is 1. The quantitative estimate of drug-likeness (QED) is 0.935. The Morgan fingerprint density at radius 3 is 2.83 bits per heavy atom. The summed E-state index contributed by atoms with van der Waals surface area (Å²) in [4.78, 5) is 22.9. The molecule has 0 aliphatic carbocycles. The lowest BCUT2D eigenvalue weighted by Gasteiger charge is -2.28. The van der Waals surface area contributed by atoms with Crippen LogP contribution < -0.4 is 5.32 Å². The van der Waals surface area contributed by atoms with Gasteiger partial charge in [-0.2, -0.15) is 4.98 Å². The van der Waals surface area contributed by atoms with Crippen molar-refractivity contribution in [1.29, 1.82) is 0 Å². The Kier molecular flexibility index (Phi) is 5.08. The predicted octanol–water partition coefficient (Wildman–Crippen LogP) is 3.17. The first-order valence-electron chi connectivity index (χ1n) is 8.46. The monoisotopic (exact) mass is 329 g/mol. The number of hydrogen-bond donors (Lipinski definition) is 1. The maximum atomic E-state index is 12.5. The predicted molar refractivity (Wildman–Crippen MR) is 89.1 cm³/mol. The van der Waals surface area contributed by atoms with Gasteiger partial charge in [0.1, 0.15) is 6.04 Å². The normalized spacial score (nSPS) is 18.5. The molecular weight excluding hydrogens is 306 g/mol. The zero-order chi connectivity index (χ0) is 16.9. The van der Waals surface area contributed by atoms with Gasteiger partial charge in [-0.3, -0.25) is 4.98 Å². The van der Waals surface area contributed by atoms with Crippen LogP contribution in [0.3, 0.4) is 0 Å². The van der Waals surface area contributed by atoms with Crippen LogP contribution in [0.25, 0.3) is 11.4 Å². The van der Waals surface area contributed by atoms with Crippen molar-refractivity contribution in [1.82, 2.24) is 25.3 Å². The fraction of sp³-hybridized carbons (Fsp3) is 0.529.